The Bertz CT molecular complexity index is 255. The Kier molecular flexibility index (Phi) is 3.51. The highest BCUT2D eigenvalue weighted by Crippen LogP contribution is 2.21. The van der Waals surface area contributed by atoms with Gasteiger partial charge >= 0.3 is 0 Å². The molecule has 0 aromatic rings. The maximum atomic E-state index is 10.1. The minimum absolute atomic E-state index is 0.355. The Morgan fingerprint density at radius 1 is 1.47 bits per heavy atom. The molecule has 0 aromatic carbocycles. The van der Waals surface area contributed by atoms with Crippen molar-refractivity contribution in [2.45, 2.75) is 12.1 Å². The van der Waals surface area contributed by atoms with Gasteiger partial charge in [-0.1, -0.05) is 6.08 Å². The van der Waals surface area contributed by atoms with Crippen molar-refractivity contribution < 1.29 is 9.53 Å². The number of allylic oxidation sites excluding steroid dienone is 1. The van der Waals surface area contributed by atoms with Gasteiger partial charge in [0.25, 0.3) is 0 Å². The number of fused-ring (bicyclic) bond motifs is 1. The molecule has 2 fully saturated rings. The van der Waals surface area contributed by atoms with Gasteiger partial charge in [0.2, 0.25) is 0 Å². The Labute approximate surface area is 90.5 Å². The van der Waals surface area contributed by atoms with Gasteiger partial charge < -0.3 is 4.74 Å². The number of rotatable bonds is 3. The first-order chi connectivity index (χ1) is 7.31. The van der Waals surface area contributed by atoms with Gasteiger partial charge in [0, 0.05) is 32.2 Å². The van der Waals surface area contributed by atoms with E-state index in [4.69, 9.17) is 4.74 Å². The van der Waals surface area contributed by atoms with Crippen LogP contribution < -0.4 is 0 Å². The van der Waals surface area contributed by atoms with Gasteiger partial charge in [0.1, 0.15) is 6.29 Å². The monoisotopic (exact) mass is 210 g/mol. The van der Waals surface area contributed by atoms with Gasteiger partial charge in [-0.2, -0.15) is 0 Å². The van der Waals surface area contributed by atoms with Crippen LogP contribution in [-0.2, 0) is 9.53 Å². The highest BCUT2D eigenvalue weighted by Gasteiger charge is 2.37. The highest BCUT2D eigenvalue weighted by molar-refractivity contribution is 5.64. The van der Waals surface area contributed by atoms with Gasteiger partial charge in [-0.3, -0.25) is 14.6 Å². The Hall–Kier alpha value is -0.710. The lowest BCUT2D eigenvalue weighted by Crippen LogP contribution is -2.48. The first kappa shape index (κ1) is 10.8. The van der Waals surface area contributed by atoms with Gasteiger partial charge in [0.05, 0.1) is 12.7 Å². The third-order valence-corrected chi connectivity index (χ3v) is 3.23. The molecular weight excluding hydrogens is 192 g/mol. The molecular formula is C11H18N2O2. The summed E-state index contributed by atoms with van der Waals surface area (Å²) in [6.07, 6.45) is 4.65. The Morgan fingerprint density at radius 2 is 2.33 bits per heavy atom. The van der Waals surface area contributed by atoms with E-state index in [0.717, 1.165) is 39.1 Å². The van der Waals surface area contributed by atoms with Crippen molar-refractivity contribution in [3.05, 3.63) is 12.2 Å². The minimum Gasteiger partial charge on any atom is -0.374 e. The zero-order chi connectivity index (χ0) is 10.7. The van der Waals surface area contributed by atoms with E-state index in [0.29, 0.717) is 12.1 Å². The number of nitrogens with zero attached hydrogens (tertiary/aromatic N) is 2. The van der Waals surface area contributed by atoms with E-state index in [9.17, 15) is 4.79 Å². The highest BCUT2D eigenvalue weighted by atomic mass is 16.5. The molecule has 2 aliphatic rings. The van der Waals surface area contributed by atoms with Crippen molar-refractivity contribution in [1.82, 2.24) is 9.80 Å². The lowest BCUT2D eigenvalue weighted by molar-refractivity contribution is -0.104. The smallest absolute Gasteiger partial charge is 0.142 e. The van der Waals surface area contributed by atoms with E-state index in [-0.39, 0.29) is 0 Å². The summed E-state index contributed by atoms with van der Waals surface area (Å²) in [5.74, 6) is 0. The Balaban J connectivity index is 1.86. The van der Waals surface area contributed by atoms with E-state index in [1.165, 1.54) is 0 Å². The second kappa shape index (κ2) is 4.88. The number of hydrogen-bond acceptors (Lipinski definition) is 4. The molecule has 2 heterocycles. The van der Waals surface area contributed by atoms with Crippen molar-refractivity contribution in [2.75, 3.05) is 39.8 Å². The van der Waals surface area contributed by atoms with E-state index < -0.39 is 0 Å². The SMILES string of the molecule is CN1CCOC2CN(C/C=C/C=O)CC21. The standard InChI is InChI=1S/C11H18N2O2/c1-12-5-7-15-11-9-13(8-10(11)12)4-2-3-6-14/h2-3,6,10-11H,4-5,7-9H2,1H3/b3-2+. The van der Waals surface area contributed by atoms with Gasteiger partial charge in [-0.25, -0.2) is 0 Å². The molecule has 0 N–H and O–H groups in total. The van der Waals surface area contributed by atoms with Crippen LogP contribution in [0.15, 0.2) is 12.2 Å². The summed E-state index contributed by atoms with van der Waals surface area (Å²) in [6, 6.07) is 0.531. The van der Waals surface area contributed by atoms with Crippen molar-refractivity contribution in [1.29, 1.82) is 0 Å². The summed E-state index contributed by atoms with van der Waals surface area (Å²) in [6.45, 7) is 4.75. The molecule has 0 saturated carbocycles. The van der Waals surface area contributed by atoms with Crippen molar-refractivity contribution in [2.24, 2.45) is 0 Å². The summed E-state index contributed by atoms with van der Waals surface area (Å²) in [7, 11) is 2.16. The molecule has 0 aromatic heterocycles. The molecule has 0 amide bonds. The number of aldehydes is 1. The lowest BCUT2D eigenvalue weighted by atomic mass is 10.1. The second-order valence-corrected chi connectivity index (χ2v) is 4.24. The third-order valence-electron chi connectivity index (χ3n) is 3.23. The van der Waals surface area contributed by atoms with Crippen LogP contribution >= 0.6 is 0 Å². The minimum atomic E-state index is 0.355. The van der Waals surface area contributed by atoms with Crippen LogP contribution in [0.5, 0.6) is 0 Å². The number of ether oxygens (including phenoxy) is 1. The zero-order valence-electron chi connectivity index (χ0n) is 9.13. The zero-order valence-corrected chi connectivity index (χ0v) is 9.13. The van der Waals surface area contributed by atoms with Gasteiger partial charge in [-0.05, 0) is 13.1 Å². The number of likely N-dealkylation sites (N-methyl/N-ethyl adjacent to an activating group) is 1. The third kappa shape index (κ3) is 2.45. The first-order valence-corrected chi connectivity index (χ1v) is 5.46. The molecule has 2 aliphatic heterocycles. The lowest BCUT2D eigenvalue weighted by Gasteiger charge is -2.33. The van der Waals surface area contributed by atoms with Crippen LogP contribution in [0.1, 0.15) is 0 Å². The molecule has 2 saturated heterocycles. The number of carbonyl (C=O) groups is 1. The van der Waals surface area contributed by atoms with Gasteiger partial charge in [-0.15, -0.1) is 0 Å². The number of morpholine rings is 1. The molecule has 2 atom stereocenters. The largest absolute Gasteiger partial charge is 0.374 e. The Morgan fingerprint density at radius 3 is 3.07 bits per heavy atom. The molecule has 0 spiro atoms. The molecule has 0 aliphatic carbocycles. The van der Waals surface area contributed by atoms with E-state index >= 15 is 0 Å². The summed E-state index contributed by atoms with van der Waals surface area (Å²) in [4.78, 5) is 14.8. The van der Waals surface area contributed by atoms with Crippen LogP contribution in [0.4, 0.5) is 0 Å². The number of hydrogen-bond donors (Lipinski definition) is 0. The van der Waals surface area contributed by atoms with E-state index in [1.54, 1.807) is 6.08 Å². The molecule has 4 nitrogen and oxygen atoms in total. The fourth-order valence-corrected chi connectivity index (χ4v) is 2.35. The summed E-state index contributed by atoms with van der Waals surface area (Å²) < 4.78 is 5.73. The predicted molar refractivity (Wildman–Crippen MR) is 57.8 cm³/mol. The van der Waals surface area contributed by atoms with Crippen molar-refractivity contribution in [3.63, 3.8) is 0 Å². The maximum absolute atomic E-state index is 10.1. The fraction of sp³-hybridized carbons (Fsp3) is 0.727. The van der Waals surface area contributed by atoms with Crippen LogP contribution in [0.2, 0.25) is 0 Å². The summed E-state index contributed by atoms with van der Waals surface area (Å²) in [5, 5.41) is 0. The average molecular weight is 210 g/mol. The van der Waals surface area contributed by atoms with Crippen LogP contribution in [0.25, 0.3) is 0 Å². The first-order valence-electron chi connectivity index (χ1n) is 5.46. The molecule has 15 heavy (non-hydrogen) atoms. The van der Waals surface area contributed by atoms with E-state index in [1.807, 2.05) is 6.08 Å². The summed E-state index contributed by atoms with van der Waals surface area (Å²) in [5.41, 5.74) is 0. The summed E-state index contributed by atoms with van der Waals surface area (Å²) >= 11 is 0. The molecule has 84 valence electrons. The van der Waals surface area contributed by atoms with Crippen LogP contribution in [-0.4, -0.2) is 68.1 Å². The number of likely N-dealkylation sites (tertiary alicyclic amines) is 1. The maximum Gasteiger partial charge on any atom is 0.142 e. The van der Waals surface area contributed by atoms with E-state index in [2.05, 4.69) is 16.8 Å². The topological polar surface area (TPSA) is 32.8 Å². The van der Waals surface area contributed by atoms with Gasteiger partial charge in [0.15, 0.2) is 0 Å². The van der Waals surface area contributed by atoms with Crippen LogP contribution in [0.3, 0.4) is 0 Å². The number of carbonyl (C=O) groups excluding carboxylic acids is 1. The molecule has 4 heteroatoms. The van der Waals surface area contributed by atoms with Crippen molar-refractivity contribution in [3.8, 4) is 0 Å². The average Bonchev–Trinajstić information content (AvgIpc) is 2.63. The normalized spacial score (nSPS) is 33.4. The quantitative estimate of drug-likeness (QED) is 0.475. The predicted octanol–water partition coefficient (Wildman–Crippen LogP) is -0.244. The van der Waals surface area contributed by atoms with Crippen LogP contribution in [0, 0.1) is 0 Å². The second-order valence-electron chi connectivity index (χ2n) is 4.24. The molecule has 0 bridgehead atoms. The molecule has 0 radical (unpaired) electrons. The molecule has 2 rings (SSSR count). The van der Waals surface area contributed by atoms with Crippen molar-refractivity contribution >= 4 is 6.29 Å². The fourth-order valence-electron chi connectivity index (χ4n) is 2.35. The molecule has 2 unspecified atom stereocenters.